The minimum absolute atomic E-state index is 0.0712. The minimum Gasteiger partial charge on any atom is -0.368 e. The summed E-state index contributed by atoms with van der Waals surface area (Å²) in [6.07, 6.45) is 0.863. The lowest BCUT2D eigenvalue weighted by Gasteiger charge is -2.07. The van der Waals surface area contributed by atoms with Crippen molar-refractivity contribution in [1.29, 1.82) is 0 Å². The van der Waals surface area contributed by atoms with Crippen LogP contribution in [0.1, 0.15) is 12.2 Å². The summed E-state index contributed by atoms with van der Waals surface area (Å²) >= 11 is 1.70. The Bertz CT molecular complexity index is 1160. The molecule has 4 aromatic rings. The maximum atomic E-state index is 12.1. The molecule has 0 aliphatic carbocycles. The molecule has 2 aromatic heterocycles. The van der Waals surface area contributed by atoms with Gasteiger partial charge in [-0.1, -0.05) is 30.3 Å². The van der Waals surface area contributed by atoms with Crippen LogP contribution in [0.25, 0.3) is 11.0 Å². The number of H-pyrrole nitrogens is 1. The zero-order valence-corrected chi connectivity index (χ0v) is 16.5. The average molecular weight is 408 g/mol. The number of nitrogens with one attached hydrogen (secondary N) is 2. The molecule has 8 nitrogen and oxygen atoms in total. The van der Waals surface area contributed by atoms with Gasteiger partial charge in [0, 0.05) is 12.2 Å². The lowest BCUT2D eigenvalue weighted by molar-refractivity contribution is 0.679. The van der Waals surface area contributed by atoms with Crippen molar-refractivity contribution in [3.63, 3.8) is 0 Å². The molecule has 148 valence electrons. The molecule has 0 atom stereocenters. The lowest BCUT2D eigenvalue weighted by atomic mass is 10.3. The van der Waals surface area contributed by atoms with Crippen LogP contribution in [0.5, 0.6) is 0 Å². The molecule has 2 aromatic carbocycles. The van der Waals surface area contributed by atoms with Crippen LogP contribution in [0.4, 0.5) is 17.6 Å². The molecule has 4 rings (SSSR count). The molecule has 29 heavy (non-hydrogen) atoms. The van der Waals surface area contributed by atoms with Crippen molar-refractivity contribution >= 4 is 40.4 Å². The van der Waals surface area contributed by atoms with Gasteiger partial charge in [-0.05, 0) is 36.4 Å². The smallest absolute Gasteiger partial charge is 0.326 e. The van der Waals surface area contributed by atoms with E-state index in [0.29, 0.717) is 24.1 Å². The molecule has 0 spiro atoms. The van der Waals surface area contributed by atoms with E-state index in [9.17, 15) is 4.79 Å². The van der Waals surface area contributed by atoms with Gasteiger partial charge in [0.1, 0.15) is 5.82 Å². The first kappa shape index (κ1) is 19.0. The van der Waals surface area contributed by atoms with Crippen LogP contribution in [0.15, 0.2) is 59.4 Å². The Morgan fingerprint density at radius 2 is 1.83 bits per heavy atom. The second-order valence-electron chi connectivity index (χ2n) is 6.43. The number of nitrogens with two attached hydrogens (primary N) is 1. The first-order valence-electron chi connectivity index (χ1n) is 9.27. The minimum atomic E-state index is -0.0712. The summed E-state index contributed by atoms with van der Waals surface area (Å²) in [4.78, 5) is 27.8. The van der Waals surface area contributed by atoms with E-state index >= 15 is 0 Å². The van der Waals surface area contributed by atoms with E-state index in [1.54, 1.807) is 16.3 Å². The van der Waals surface area contributed by atoms with E-state index in [1.807, 2.05) is 54.6 Å². The second-order valence-corrected chi connectivity index (χ2v) is 7.53. The van der Waals surface area contributed by atoms with Gasteiger partial charge in [0.25, 0.3) is 0 Å². The fourth-order valence-corrected chi connectivity index (χ4v) is 3.82. The highest BCUT2D eigenvalue weighted by Gasteiger charge is 2.07. The standard InChI is InChI=1S/C20H21N7OS/c21-18-24-17(25-19(26-18)22-14-7-2-1-3-8-14)13-29-12-6-11-27-16-10-5-4-9-15(16)23-20(27)28/h1-5,7-10H,6,11-13H2,(H,23,28)(H3,21,22,24,25,26). The number of aryl methyl sites for hydroxylation is 1. The van der Waals surface area contributed by atoms with Crippen molar-refractivity contribution in [1.82, 2.24) is 24.5 Å². The van der Waals surface area contributed by atoms with E-state index in [0.717, 1.165) is 28.9 Å². The topological polar surface area (TPSA) is 115 Å². The van der Waals surface area contributed by atoms with E-state index in [1.165, 1.54) is 0 Å². The van der Waals surface area contributed by atoms with Crippen molar-refractivity contribution in [2.75, 3.05) is 16.8 Å². The number of nitrogen functional groups attached to an aromatic ring is 1. The Morgan fingerprint density at radius 1 is 1.03 bits per heavy atom. The summed E-state index contributed by atoms with van der Waals surface area (Å²) in [6.45, 7) is 0.663. The third-order valence-electron chi connectivity index (χ3n) is 4.31. The molecule has 0 saturated carbocycles. The van der Waals surface area contributed by atoms with Gasteiger partial charge in [-0.3, -0.25) is 4.57 Å². The zero-order chi connectivity index (χ0) is 20.1. The summed E-state index contributed by atoms with van der Waals surface area (Å²) in [5.41, 5.74) is 8.44. The largest absolute Gasteiger partial charge is 0.368 e. The van der Waals surface area contributed by atoms with Gasteiger partial charge in [-0.25, -0.2) is 4.79 Å². The van der Waals surface area contributed by atoms with E-state index < -0.39 is 0 Å². The SMILES string of the molecule is Nc1nc(CSCCCn2c(=O)[nH]c3ccccc32)nc(Nc2ccccc2)n1. The molecule has 9 heteroatoms. The molecule has 0 bridgehead atoms. The van der Waals surface area contributed by atoms with Crippen molar-refractivity contribution in [3.8, 4) is 0 Å². The number of hydrogen-bond acceptors (Lipinski definition) is 7. The summed E-state index contributed by atoms with van der Waals surface area (Å²) in [5, 5.41) is 3.14. The highest BCUT2D eigenvalue weighted by Crippen LogP contribution is 2.16. The molecule has 0 aliphatic rings. The number of aromatic nitrogens is 5. The Balaban J connectivity index is 1.31. The fourth-order valence-electron chi connectivity index (χ4n) is 3.03. The quantitative estimate of drug-likeness (QED) is 0.384. The average Bonchev–Trinajstić information content (AvgIpc) is 3.03. The molecule has 0 amide bonds. The van der Waals surface area contributed by atoms with Crippen molar-refractivity contribution in [2.24, 2.45) is 0 Å². The Morgan fingerprint density at radius 3 is 2.69 bits per heavy atom. The number of nitrogens with zero attached hydrogens (tertiary/aromatic N) is 4. The van der Waals surface area contributed by atoms with E-state index in [-0.39, 0.29) is 11.6 Å². The first-order chi connectivity index (χ1) is 14.2. The van der Waals surface area contributed by atoms with Gasteiger partial charge in [0.05, 0.1) is 16.8 Å². The van der Waals surface area contributed by atoms with Gasteiger partial charge in [-0.2, -0.15) is 26.7 Å². The zero-order valence-electron chi connectivity index (χ0n) is 15.7. The van der Waals surface area contributed by atoms with Crippen molar-refractivity contribution in [2.45, 2.75) is 18.7 Å². The highest BCUT2D eigenvalue weighted by molar-refractivity contribution is 7.98. The summed E-state index contributed by atoms with van der Waals surface area (Å²) < 4.78 is 1.78. The van der Waals surface area contributed by atoms with Gasteiger partial charge in [0.2, 0.25) is 11.9 Å². The molecule has 0 radical (unpaired) electrons. The first-order valence-corrected chi connectivity index (χ1v) is 10.4. The third-order valence-corrected chi connectivity index (χ3v) is 5.35. The Kier molecular flexibility index (Phi) is 5.76. The summed E-state index contributed by atoms with van der Waals surface area (Å²) in [7, 11) is 0. The van der Waals surface area contributed by atoms with Crippen LogP contribution < -0.4 is 16.7 Å². The van der Waals surface area contributed by atoms with Crippen LogP contribution in [0.3, 0.4) is 0 Å². The number of benzene rings is 2. The van der Waals surface area contributed by atoms with Crippen LogP contribution in [0, 0.1) is 0 Å². The van der Waals surface area contributed by atoms with Crippen LogP contribution in [-0.2, 0) is 12.3 Å². The number of anilines is 3. The number of imidazole rings is 1. The number of hydrogen-bond donors (Lipinski definition) is 3. The normalized spacial score (nSPS) is 11.0. The maximum absolute atomic E-state index is 12.1. The van der Waals surface area contributed by atoms with E-state index in [2.05, 4.69) is 25.3 Å². The summed E-state index contributed by atoms with van der Waals surface area (Å²) in [6, 6.07) is 17.4. The Hall–Kier alpha value is -3.33. The number of fused-ring (bicyclic) bond motifs is 1. The molecular weight excluding hydrogens is 386 g/mol. The monoisotopic (exact) mass is 407 g/mol. The number of rotatable bonds is 8. The third kappa shape index (κ3) is 4.75. The molecule has 0 saturated heterocycles. The fraction of sp³-hybridized carbons (Fsp3) is 0.200. The number of para-hydroxylation sites is 3. The van der Waals surface area contributed by atoms with Gasteiger partial charge in [-0.15, -0.1) is 0 Å². The van der Waals surface area contributed by atoms with Crippen LogP contribution in [-0.4, -0.2) is 30.3 Å². The van der Waals surface area contributed by atoms with Gasteiger partial charge >= 0.3 is 5.69 Å². The predicted molar refractivity (Wildman–Crippen MR) is 117 cm³/mol. The molecule has 0 aliphatic heterocycles. The van der Waals surface area contributed by atoms with Gasteiger partial charge in [0.15, 0.2) is 0 Å². The lowest BCUT2D eigenvalue weighted by Crippen LogP contribution is -2.17. The van der Waals surface area contributed by atoms with Crippen molar-refractivity contribution in [3.05, 3.63) is 70.9 Å². The molecule has 0 unspecified atom stereocenters. The van der Waals surface area contributed by atoms with Crippen LogP contribution >= 0.6 is 11.8 Å². The molecule has 0 fully saturated rings. The Labute approximate surface area is 171 Å². The highest BCUT2D eigenvalue weighted by atomic mass is 32.2. The van der Waals surface area contributed by atoms with E-state index in [4.69, 9.17) is 5.73 Å². The molecule has 4 N–H and O–H groups in total. The summed E-state index contributed by atoms with van der Waals surface area (Å²) in [5.74, 6) is 2.76. The maximum Gasteiger partial charge on any atom is 0.326 e. The predicted octanol–water partition coefficient (Wildman–Crippen LogP) is 3.16. The van der Waals surface area contributed by atoms with Crippen LogP contribution in [0.2, 0.25) is 0 Å². The van der Waals surface area contributed by atoms with Crippen molar-refractivity contribution < 1.29 is 0 Å². The molecular formula is C20H21N7OS. The number of aromatic amines is 1. The molecule has 2 heterocycles. The second kappa shape index (κ2) is 8.78. The van der Waals surface area contributed by atoms with Gasteiger partial charge < -0.3 is 16.0 Å². The number of thioether (sulfide) groups is 1.